The van der Waals surface area contributed by atoms with E-state index in [1.165, 1.54) is 0 Å². The molecule has 1 fully saturated rings. The van der Waals surface area contributed by atoms with E-state index in [0.717, 1.165) is 37.2 Å². The Kier molecular flexibility index (Phi) is 7.14. The molecule has 7 nitrogen and oxygen atoms in total. The topological polar surface area (TPSA) is 71.1 Å². The molecule has 1 N–H and O–H groups in total. The van der Waals surface area contributed by atoms with Crippen LogP contribution in [-0.2, 0) is 9.53 Å². The number of carbonyl (C=O) groups is 2. The van der Waals surface area contributed by atoms with E-state index in [1.54, 1.807) is 0 Å². The first-order chi connectivity index (χ1) is 13.6. The number of likely N-dealkylation sites (N-methyl/N-ethyl adjacent to an activating group) is 1. The molecule has 1 unspecified atom stereocenters. The van der Waals surface area contributed by atoms with Crippen LogP contribution in [0.5, 0.6) is 5.75 Å². The van der Waals surface area contributed by atoms with Gasteiger partial charge in [-0.15, -0.1) is 0 Å². The molecule has 2 heterocycles. The van der Waals surface area contributed by atoms with Crippen LogP contribution >= 0.6 is 0 Å². The maximum absolute atomic E-state index is 12.8. The highest BCUT2D eigenvalue weighted by Gasteiger charge is 2.28. The quantitative estimate of drug-likeness (QED) is 0.723. The summed E-state index contributed by atoms with van der Waals surface area (Å²) in [6.07, 6.45) is 3.65. The zero-order chi connectivity index (χ0) is 19.9. The third-order valence-corrected chi connectivity index (χ3v) is 5.39. The van der Waals surface area contributed by atoms with E-state index in [9.17, 15) is 9.59 Å². The number of unbranched alkanes of at least 4 members (excludes halogenated alkanes) is 2. The summed E-state index contributed by atoms with van der Waals surface area (Å²) in [6, 6.07) is 5.48. The molecule has 0 saturated carbocycles. The number of nitrogens with zero attached hydrogens (tertiary/aromatic N) is 2. The molecule has 2 amide bonds. The van der Waals surface area contributed by atoms with Crippen molar-refractivity contribution >= 4 is 17.5 Å². The molecule has 0 aromatic heterocycles. The highest BCUT2D eigenvalue weighted by Crippen LogP contribution is 2.34. The van der Waals surface area contributed by atoms with Crippen LogP contribution in [-0.4, -0.2) is 69.3 Å². The average Bonchev–Trinajstić information content (AvgIpc) is 2.73. The van der Waals surface area contributed by atoms with Crippen LogP contribution in [0.3, 0.4) is 0 Å². The Balaban J connectivity index is 1.63. The van der Waals surface area contributed by atoms with Crippen molar-refractivity contribution in [1.82, 2.24) is 10.2 Å². The van der Waals surface area contributed by atoms with Gasteiger partial charge in [0.2, 0.25) is 5.91 Å². The fraction of sp³-hybridized carbons (Fsp3) is 0.619. The molecule has 0 radical (unpaired) electrons. The fourth-order valence-electron chi connectivity index (χ4n) is 3.58. The SMILES string of the molecule is CCCCCNC(=O)CC1COc2ccc(C(=O)N3CCOCC3)cc2N1C. The van der Waals surface area contributed by atoms with Gasteiger partial charge in [0.15, 0.2) is 0 Å². The third-order valence-electron chi connectivity index (χ3n) is 5.39. The van der Waals surface area contributed by atoms with E-state index in [2.05, 4.69) is 17.1 Å². The molecule has 28 heavy (non-hydrogen) atoms. The van der Waals surface area contributed by atoms with Crippen LogP contribution in [0.4, 0.5) is 5.69 Å². The number of nitrogens with one attached hydrogen (secondary N) is 1. The fourth-order valence-corrected chi connectivity index (χ4v) is 3.58. The number of carbonyl (C=O) groups excluding carboxylic acids is 2. The Labute approximate surface area is 167 Å². The second kappa shape index (κ2) is 9.78. The van der Waals surface area contributed by atoms with Gasteiger partial charge in [0.1, 0.15) is 12.4 Å². The molecule has 0 spiro atoms. The molecule has 1 aromatic rings. The predicted octanol–water partition coefficient (Wildman–Crippen LogP) is 2.05. The lowest BCUT2D eigenvalue weighted by Gasteiger charge is -2.36. The van der Waals surface area contributed by atoms with Gasteiger partial charge in [0, 0.05) is 32.2 Å². The number of fused-ring (bicyclic) bond motifs is 1. The molecular weight excluding hydrogens is 358 g/mol. The van der Waals surface area contributed by atoms with Gasteiger partial charge in [-0.3, -0.25) is 9.59 Å². The first-order valence-electron chi connectivity index (χ1n) is 10.2. The van der Waals surface area contributed by atoms with Gasteiger partial charge in [-0.05, 0) is 24.6 Å². The zero-order valence-corrected chi connectivity index (χ0v) is 16.9. The summed E-state index contributed by atoms with van der Waals surface area (Å²) in [7, 11) is 1.96. The zero-order valence-electron chi connectivity index (χ0n) is 16.9. The smallest absolute Gasteiger partial charge is 0.254 e. The van der Waals surface area contributed by atoms with Crippen molar-refractivity contribution in [1.29, 1.82) is 0 Å². The minimum Gasteiger partial charge on any atom is -0.489 e. The number of morpholine rings is 1. The lowest BCUT2D eigenvalue weighted by molar-refractivity contribution is -0.121. The molecule has 3 rings (SSSR count). The Morgan fingerprint density at radius 1 is 1.21 bits per heavy atom. The van der Waals surface area contributed by atoms with Crippen molar-refractivity contribution in [3.8, 4) is 5.75 Å². The van der Waals surface area contributed by atoms with Gasteiger partial charge in [-0.25, -0.2) is 0 Å². The van der Waals surface area contributed by atoms with Crippen LogP contribution < -0.4 is 15.0 Å². The largest absolute Gasteiger partial charge is 0.489 e. The first-order valence-corrected chi connectivity index (χ1v) is 10.2. The third kappa shape index (κ3) is 4.95. The van der Waals surface area contributed by atoms with E-state index < -0.39 is 0 Å². The molecule has 1 atom stereocenters. The van der Waals surface area contributed by atoms with E-state index in [4.69, 9.17) is 9.47 Å². The molecule has 2 aliphatic rings. The molecule has 1 aromatic carbocycles. The molecule has 154 valence electrons. The summed E-state index contributed by atoms with van der Waals surface area (Å²) < 4.78 is 11.2. The lowest BCUT2D eigenvalue weighted by Crippen LogP contribution is -2.44. The van der Waals surface area contributed by atoms with Gasteiger partial charge < -0.3 is 24.6 Å². The molecule has 1 saturated heterocycles. The summed E-state index contributed by atoms with van der Waals surface area (Å²) in [6.45, 7) is 5.71. The van der Waals surface area contributed by atoms with Crippen molar-refractivity contribution < 1.29 is 19.1 Å². The highest BCUT2D eigenvalue weighted by atomic mass is 16.5. The van der Waals surface area contributed by atoms with Gasteiger partial charge in [0.05, 0.1) is 31.4 Å². The van der Waals surface area contributed by atoms with Gasteiger partial charge >= 0.3 is 0 Å². The number of hydrogen-bond acceptors (Lipinski definition) is 5. The van der Waals surface area contributed by atoms with Crippen molar-refractivity contribution in [2.45, 2.75) is 38.6 Å². The van der Waals surface area contributed by atoms with Crippen LogP contribution in [0.2, 0.25) is 0 Å². The van der Waals surface area contributed by atoms with Crippen LogP contribution in [0.25, 0.3) is 0 Å². The summed E-state index contributed by atoms with van der Waals surface area (Å²) >= 11 is 0. The van der Waals surface area contributed by atoms with Crippen LogP contribution in [0, 0.1) is 0 Å². The predicted molar refractivity (Wildman–Crippen MR) is 108 cm³/mol. The maximum atomic E-state index is 12.8. The maximum Gasteiger partial charge on any atom is 0.254 e. The van der Waals surface area contributed by atoms with E-state index in [-0.39, 0.29) is 17.9 Å². The van der Waals surface area contributed by atoms with Crippen molar-refractivity contribution in [3.05, 3.63) is 23.8 Å². The summed E-state index contributed by atoms with van der Waals surface area (Å²) in [4.78, 5) is 28.9. The monoisotopic (exact) mass is 389 g/mol. The normalized spacial score (nSPS) is 19.0. The Morgan fingerprint density at radius 3 is 2.75 bits per heavy atom. The number of ether oxygens (including phenoxy) is 2. The van der Waals surface area contributed by atoms with E-state index in [0.29, 0.717) is 44.9 Å². The van der Waals surface area contributed by atoms with E-state index >= 15 is 0 Å². The van der Waals surface area contributed by atoms with Crippen molar-refractivity contribution in [2.24, 2.45) is 0 Å². The van der Waals surface area contributed by atoms with Crippen LogP contribution in [0.1, 0.15) is 43.0 Å². The Bertz CT molecular complexity index is 688. The summed E-state index contributed by atoms with van der Waals surface area (Å²) in [5, 5.41) is 2.99. The summed E-state index contributed by atoms with van der Waals surface area (Å²) in [5.41, 5.74) is 1.50. The van der Waals surface area contributed by atoms with Gasteiger partial charge in [-0.2, -0.15) is 0 Å². The molecule has 7 heteroatoms. The van der Waals surface area contributed by atoms with Crippen LogP contribution in [0.15, 0.2) is 18.2 Å². The molecule has 0 aliphatic carbocycles. The average molecular weight is 389 g/mol. The van der Waals surface area contributed by atoms with Gasteiger partial charge in [0.25, 0.3) is 5.91 Å². The first kappa shape index (κ1) is 20.5. The number of amides is 2. The second-order valence-electron chi connectivity index (χ2n) is 7.42. The minimum atomic E-state index is -0.0487. The Hall–Kier alpha value is -2.28. The van der Waals surface area contributed by atoms with Crippen molar-refractivity contribution in [3.63, 3.8) is 0 Å². The number of hydrogen-bond donors (Lipinski definition) is 1. The van der Waals surface area contributed by atoms with E-state index in [1.807, 2.05) is 30.1 Å². The second-order valence-corrected chi connectivity index (χ2v) is 7.42. The molecular formula is C21H31N3O4. The minimum absolute atomic E-state index is 0.00953. The number of benzene rings is 1. The van der Waals surface area contributed by atoms with Crippen molar-refractivity contribution in [2.75, 3.05) is 51.4 Å². The van der Waals surface area contributed by atoms with Gasteiger partial charge in [-0.1, -0.05) is 19.8 Å². The molecule has 0 bridgehead atoms. The standard InChI is InChI=1S/C21H31N3O4/c1-3-4-5-8-22-20(25)14-17-15-28-19-7-6-16(13-18(19)23(17)2)21(26)24-9-11-27-12-10-24/h6-7,13,17H,3-5,8-12,14-15H2,1-2H3,(H,22,25). The lowest BCUT2D eigenvalue weighted by atomic mass is 10.1. The number of rotatable bonds is 7. The Morgan fingerprint density at radius 2 is 2.00 bits per heavy atom. The summed E-state index contributed by atoms with van der Waals surface area (Å²) in [5.74, 6) is 0.802. The molecule has 2 aliphatic heterocycles. The number of anilines is 1. The highest BCUT2D eigenvalue weighted by molar-refractivity contribution is 5.96.